The lowest BCUT2D eigenvalue weighted by atomic mass is 10.2. The quantitative estimate of drug-likeness (QED) is 0.824. The van der Waals surface area contributed by atoms with Gasteiger partial charge in [0.15, 0.2) is 0 Å². The van der Waals surface area contributed by atoms with Gasteiger partial charge in [0.05, 0.1) is 24.6 Å². The fourth-order valence-electron chi connectivity index (χ4n) is 1.51. The van der Waals surface area contributed by atoms with Crippen molar-refractivity contribution >= 4 is 21.7 Å². The highest BCUT2D eigenvalue weighted by Crippen LogP contribution is 2.21. The van der Waals surface area contributed by atoms with Crippen LogP contribution in [-0.2, 0) is 14.8 Å². The lowest BCUT2D eigenvalue weighted by Crippen LogP contribution is -2.17. The number of benzene rings is 1. The van der Waals surface area contributed by atoms with Crippen LogP contribution in [-0.4, -0.2) is 31.7 Å². The van der Waals surface area contributed by atoms with Crippen molar-refractivity contribution in [2.45, 2.75) is 4.90 Å². The molecule has 2 rings (SSSR count). The second-order valence-electron chi connectivity index (χ2n) is 3.72. The minimum atomic E-state index is -4.14. The summed E-state index contributed by atoms with van der Waals surface area (Å²) >= 11 is 0. The largest absolute Gasteiger partial charge is 0.465 e. The number of carbonyl (C=O) groups excluding carboxylic acids is 1. The molecule has 0 aliphatic heterocycles. The number of aromatic amines is 1. The van der Waals surface area contributed by atoms with E-state index in [1.54, 1.807) is 0 Å². The normalized spacial score (nSPS) is 11.1. The molecule has 0 saturated heterocycles. The first-order chi connectivity index (χ1) is 9.44. The van der Waals surface area contributed by atoms with Gasteiger partial charge in [-0.3, -0.25) is 9.82 Å². The molecule has 0 spiro atoms. The third kappa shape index (κ3) is 2.77. The van der Waals surface area contributed by atoms with E-state index in [9.17, 15) is 17.6 Å². The maximum Gasteiger partial charge on any atom is 0.339 e. The van der Waals surface area contributed by atoms with E-state index in [0.717, 1.165) is 25.3 Å². The standard InChI is InChI=1S/C11H10FN3O4S/c1-19-11(16)9-3-2-7(12)4-10(9)20(17,18)15-8-5-13-14-6-8/h2-6,15H,1H3,(H,13,14). The molecule has 20 heavy (non-hydrogen) atoms. The molecule has 1 heterocycles. The van der Waals surface area contributed by atoms with Crippen LogP contribution in [0.15, 0.2) is 35.5 Å². The molecule has 9 heteroatoms. The van der Waals surface area contributed by atoms with E-state index in [1.807, 2.05) is 0 Å². The Balaban J connectivity index is 2.50. The number of halogens is 1. The molecule has 2 N–H and O–H groups in total. The highest BCUT2D eigenvalue weighted by Gasteiger charge is 2.24. The molecule has 1 aromatic heterocycles. The van der Waals surface area contributed by atoms with Crippen LogP contribution in [0.2, 0.25) is 0 Å². The molecule has 0 radical (unpaired) electrons. The topological polar surface area (TPSA) is 101 Å². The van der Waals surface area contributed by atoms with Gasteiger partial charge in [0.25, 0.3) is 10.0 Å². The van der Waals surface area contributed by atoms with E-state index in [0.29, 0.717) is 0 Å². The van der Waals surface area contributed by atoms with E-state index in [2.05, 4.69) is 19.7 Å². The van der Waals surface area contributed by atoms with Crippen molar-refractivity contribution in [2.75, 3.05) is 11.8 Å². The van der Waals surface area contributed by atoms with Gasteiger partial charge in [-0.05, 0) is 18.2 Å². The molecule has 2 aromatic rings. The SMILES string of the molecule is COC(=O)c1ccc(F)cc1S(=O)(=O)Nc1cn[nH]c1. The Hall–Kier alpha value is -2.42. The molecular weight excluding hydrogens is 289 g/mol. The van der Waals surface area contributed by atoms with Crippen molar-refractivity contribution < 1.29 is 22.3 Å². The third-order valence-corrected chi connectivity index (χ3v) is 3.81. The van der Waals surface area contributed by atoms with Gasteiger partial charge >= 0.3 is 5.97 Å². The van der Waals surface area contributed by atoms with Crippen LogP contribution in [0.25, 0.3) is 0 Å². The Bertz CT molecular complexity index is 728. The Morgan fingerprint density at radius 1 is 1.45 bits per heavy atom. The fraction of sp³-hybridized carbons (Fsp3) is 0.0909. The first-order valence-electron chi connectivity index (χ1n) is 5.33. The van der Waals surface area contributed by atoms with E-state index >= 15 is 0 Å². The second kappa shape index (κ2) is 5.29. The number of hydrogen-bond acceptors (Lipinski definition) is 5. The molecule has 7 nitrogen and oxygen atoms in total. The molecule has 106 valence electrons. The summed E-state index contributed by atoms with van der Waals surface area (Å²) in [5.74, 6) is -1.66. The number of aromatic nitrogens is 2. The van der Waals surface area contributed by atoms with Crippen molar-refractivity contribution in [1.29, 1.82) is 0 Å². The Morgan fingerprint density at radius 2 is 2.20 bits per heavy atom. The van der Waals surface area contributed by atoms with E-state index in [-0.39, 0.29) is 11.3 Å². The molecule has 0 unspecified atom stereocenters. The Kier molecular flexibility index (Phi) is 3.70. The van der Waals surface area contributed by atoms with Crippen LogP contribution >= 0.6 is 0 Å². The van der Waals surface area contributed by atoms with Gasteiger partial charge in [-0.15, -0.1) is 0 Å². The second-order valence-corrected chi connectivity index (χ2v) is 5.38. The Morgan fingerprint density at radius 3 is 2.80 bits per heavy atom. The summed E-state index contributed by atoms with van der Waals surface area (Å²) in [6, 6.07) is 2.77. The maximum absolute atomic E-state index is 13.3. The summed E-state index contributed by atoms with van der Waals surface area (Å²) in [5, 5.41) is 5.99. The molecule has 0 aliphatic rings. The number of H-pyrrole nitrogens is 1. The highest BCUT2D eigenvalue weighted by atomic mass is 32.2. The van der Waals surface area contributed by atoms with Crippen LogP contribution in [0, 0.1) is 5.82 Å². The van der Waals surface area contributed by atoms with Crippen LogP contribution in [0.3, 0.4) is 0 Å². The van der Waals surface area contributed by atoms with Crippen molar-refractivity contribution in [1.82, 2.24) is 10.2 Å². The minimum Gasteiger partial charge on any atom is -0.465 e. The molecule has 0 aliphatic carbocycles. The lowest BCUT2D eigenvalue weighted by molar-refractivity contribution is 0.0596. The molecule has 1 aromatic carbocycles. The van der Waals surface area contributed by atoms with Crippen molar-refractivity contribution in [3.05, 3.63) is 42.0 Å². The zero-order chi connectivity index (χ0) is 14.8. The molecule has 0 fully saturated rings. The summed E-state index contributed by atoms with van der Waals surface area (Å²) < 4.78 is 44.2. The first kappa shape index (κ1) is 14.0. The van der Waals surface area contributed by atoms with Crippen molar-refractivity contribution in [2.24, 2.45) is 0 Å². The van der Waals surface area contributed by atoms with Gasteiger partial charge in [-0.2, -0.15) is 5.10 Å². The van der Waals surface area contributed by atoms with Gasteiger partial charge in [-0.25, -0.2) is 17.6 Å². The van der Waals surface area contributed by atoms with Crippen molar-refractivity contribution in [3.63, 3.8) is 0 Å². The molecule has 0 atom stereocenters. The summed E-state index contributed by atoms with van der Waals surface area (Å²) in [6.45, 7) is 0. The fourth-order valence-corrected chi connectivity index (χ4v) is 2.75. The van der Waals surface area contributed by atoms with Gasteiger partial charge in [-0.1, -0.05) is 0 Å². The first-order valence-corrected chi connectivity index (χ1v) is 6.82. The van der Waals surface area contributed by atoms with Crippen LogP contribution in [0.4, 0.5) is 10.1 Å². The van der Waals surface area contributed by atoms with E-state index in [1.165, 1.54) is 12.4 Å². The number of sulfonamides is 1. The zero-order valence-corrected chi connectivity index (χ0v) is 11.1. The number of ether oxygens (including phenoxy) is 1. The number of methoxy groups -OCH3 is 1. The summed E-state index contributed by atoms with van der Waals surface area (Å²) in [4.78, 5) is 11.0. The van der Waals surface area contributed by atoms with Crippen molar-refractivity contribution in [3.8, 4) is 0 Å². The number of carbonyl (C=O) groups is 1. The average molecular weight is 299 g/mol. The van der Waals surface area contributed by atoms with E-state index in [4.69, 9.17) is 0 Å². The summed E-state index contributed by atoms with van der Waals surface area (Å²) in [7, 11) is -3.04. The molecule has 0 saturated carbocycles. The molecule has 0 amide bonds. The Labute approximate surface area is 113 Å². The van der Waals surface area contributed by atoms with Gasteiger partial charge in [0, 0.05) is 6.20 Å². The highest BCUT2D eigenvalue weighted by molar-refractivity contribution is 7.92. The van der Waals surface area contributed by atoms with Gasteiger partial charge < -0.3 is 4.74 Å². The number of nitrogens with one attached hydrogen (secondary N) is 2. The zero-order valence-electron chi connectivity index (χ0n) is 10.3. The average Bonchev–Trinajstić information content (AvgIpc) is 2.90. The van der Waals surface area contributed by atoms with Gasteiger partial charge in [0.2, 0.25) is 0 Å². The number of esters is 1. The predicted molar refractivity (Wildman–Crippen MR) is 67.1 cm³/mol. The van der Waals surface area contributed by atoms with Crippen LogP contribution in [0.5, 0.6) is 0 Å². The lowest BCUT2D eigenvalue weighted by Gasteiger charge is -2.10. The smallest absolute Gasteiger partial charge is 0.339 e. The van der Waals surface area contributed by atoms with E-state index < -0.39 is 26.7 Å². The van der Waals surface area contributed by atoms with Gasteiger partial charge in [0.1, 0.15) is 10.7 Å². The number of anilines is 1. The summed E-state index contributed by atoms with van der Waals surface area (Å²) in [5.41, 5.74) is -0.102. The monoisotopic (exact) mass is 299 g/mol. The summed E-state index contributed by atoms with van der Waals surface area (Å²) in [6.07, 6.45) is 2.53. The maximum atomic E-state index is 13.3. The van der Waals surface area contributed by atoms with Crippen LogP contribution in [0.1, 0.15) is 10.4 Å². The third-order valence-electron chi connectivity index (χ3n) is 2.39. The molecular formula is C11H10FN3O4S. The van der Waals surface area contributed by atoms with Crippen LogP contribution < -0.4 is 4.72 Å². The predicted octanol–water partition coefficient (Wildman–Crippen LogP) is 1.14. The number of hydrogen-bond donors (Lipinski definition) is 2. The number of nitrogens with zero attached hydrogens (tertiary/aromatic N) is 1. The number of rotatable bonds is 4. The minimum absolute atomic E-state index is 0.157. The molecule has 0 bridgehead atoms.